The third-order valence-corrected chi connectivity index (χ3v) is 3.89. The predicted octanol–water partition coefficient (Wildman–Crippen LogP) is 2.87. The highest BCUT2D eigenvalue weighted by atomic mass is 19.4. The van der Waals surface area contributed by atoms with Crippen molar-refractivity contribution in [2.45, 2.75) is 53.1 Å². The lowest BCUT2D eigenvalue weighted by molar-refractivity contribution is -0.325. The van der Waals surface area contributed by atoms with Crippen molar-refractivity contribution in [3.63, 3.8) is 0 Å². The Balaban J connectivity index is 2.62. The van der Waals surface area contributed by atoms with E-state index in [4.69, 9.17) is 0 Å². The van der Waals surface area contributed by atoms with Gasteiger partial charge in [0.1, 0.15) is 0 Å². The first kappa shape index (κ1) is 17.7. The molecule has 0 aromatic carbocycles. The van der Waals surface area contributed by atoms with Gasteiger partial charge in [0.2, 0.25) is 0 Å². The molecule has 1 aliphatic heterocycles. The molecule has 1 N–H and O–H groups in total. The van der Waals surface area contributed by atoms with E-state index < -0.39 is 6.36 Å². The first-order chi connectivity index (χ1) is 9.00. The van der Waals surface area contributed by atoms with Crippen LogP contribution in [-0.2, 0) is 4.74 Å². The van der Waals surface area contributed by atoms with Gasteiger partial charge >= 0.3 is 6.36 Å². The number of nitrogens with one attached hydrogen (secondary N) is 1. The van der Waals surface area contributed by atoms with Crippen LogP contribution in [0.25, 0.3) is 0 Å². The second-order valence-corrected chi connectivity index (χ2v) is 6.93. The standard InChI is InChI=1S/C14H27F3N2O/c1-10(2)11-9-19(6-7-20-14(15,16)17)12(8-18-11)13(3,4)5/h10-12,18H,6-9H2,1-5H3. The van der Waals surface area contributed by atoms with Gasteiger partial charge in [0.05, 0.1) is 6.61 Å². The smallest absolute Gasteiger partial charge is 0.311 e. The van der Waals surface area contributed by atoms with Gasteiger partial charge in [-0.2, -0.15) is 0 Å². The van der Waals surface area contributed by atoms with Crippen LogP contribution in [0.3, 0.4) is 0 Å². The fourth-order valence-corrected chi connectivity index (χ4v) is 2.66. The maximum absolute atomic E-state index is 12.1. The van der Waals surface area contributed by atoms with Crippen molar-refractivity contribution in [2.24, 2.45) is 11.3 Å². The highest BCUT2D eigenvalue weighted by Crippen LogP contribution is 2.27. The largest absolute Gasteiger partial charge is 0.522 e. The summed E-state index contributed by atoms with van der Waals surface area (Å²) in [6.07, 6.45) is -4.54. The van der Waals surface area contributed by atoms with Gasteiger partial charge in [-0.1, -0.05) is 34.6 Å². The molecule has 2 atom stereocenters. The summed E-state index contributed by atoms with van der Waals surface area (Å²) in [5.74, 6) is 0.460. The zero-order valence-electron chi connectivity index (χ0n) is 13.0. The minimum atomic E-state index is -4.54. The second-order valence-electron chi connectivity index (χ2n) is 6.93. The van der Waals surface area contributed by atoms with E-state index in [0.717, 1.165) is 13.1 Å². The van der Waals surface area contributed by atoms with Gasteiger partial charge in [-0.3, -0.25) is 9.64 Å². The lowest BCUT2D eigenvalue weighted by Crippen LogP contribution is -2.62. The summed E-state index contributed by atoms with van der Waals surface area (Å²) in [6.45, 7) is 12.2. The predicted molar refractivity (Wildman–Crippen MR) is 73.5 cm³/mol. The second kappa shape index (κ2) is 6.62. The van der Waals surface area contributed by atoms with Crippen molar-refractivity contribution >= 4 is 0 Å². The van der Waals surface area contributed by atoms with Crippen LogP contribution in [0.4, 0.5) is 13.2 Å². The van der Waals surface area contributed by atoms with Crippen molar-refractivity contribution in [3.8, 4) is 0 Å². The number of nitrogens with zero attached hydrogens (tertiary/aromatic N) is 1. The van der Waals surface area contributed by atoms with Gasteiger partial charge in [-0.05, 0) is 11.3 Å². The molecule has 6 heteroatoms. The molecule has 0 aliphatic carbocycles. The molecule has 1 heterocycles. The SMILES string of the molecule is CC(C)C1CN(CCOC(F)(F)F)C(C(C)(C)C)CN1. The Morgan fingerprint density at radius 1 is 1.25 bits per heavy atom. The molecule has 3 nitrogen and oxygen atoms in total. The summed E-state index contributed by atoms with van der Waals surface area (Å²) in [5, 5.41) is 3.51. The molecule has 1 saturated heterocycles. The third kappa shape index (κ3) is 5.58. The fraction of sp³-hybridized carbons (Fsp3) is 1.00. The third-order valence-electron chi connectivity index (χ3n) is 3.89. The van der Waals surface area contributed by atoms with Gasteiger partial charge in [0.25, 0.3) is 0 Å². The van der Waals surface area contributed by atoms with Gasteiger partial charge in [0.15, 0.2) is 0 Å². The number of alkyl halides is 3. The maximum Gasteiger partial charge on any atom is 0.522 e. The average Bonchev–Trinajstić information content (AvgIpc) is 2.25. The van der Waals surface area contributed by atoms with Crippen molar-refractivity contribution < 1.29 is 17.9 Å². The summed E-state index contributed by atoms with van der Waals surface area (Å²) < 4.78 is 40.2. The minimum Gasteiger partial charge on any atom is -0.311 e. The normalized spacial score (nSPS) is 26.2. The number of halogens is 3. The van der Waals surface area contributed by atoms with Crippen LogP contribution < -0.4 is 5.32 Å². The number of rotatable bonds is 4. The van der Waals surface area contributed by atoms with Gasteiger partial charge in [0, 0.05) is 31.7 Å². The Labute approximate surface area is 119 Å². The molecule has 0 aromatic rings. The van der Waals surface area contributed by atoms with E-state index in [1.807, 2.05) is 0 Å². The van der Waals surface area contributed by atoms with Crippen molar-refractivity contribution in [3.05, 3.63) is 0 Å². The molecule has 0 bridgehead atoms. The van der Waals surface area contributed by atoms with E-state index in [1.54, 1.807) is 0 Å². The first-order valence-corrected chi connectivity index (χ1v) is 7.19. The van der Waals surface area contributed by atoms with E-state index in [1.165, 1.54) is 0 Å². The molecule has 0 aromatic heterocycles. The number of piperazine rings is 1. The van der Waals surface area contributed by atoms with Gasteiger partial charge in [-0.25, -0.2) is 0 Å². The molecule has 20 heavy (non-hydrogen) atoms. The number of hydrogen-bond acceptors (Lipinski definition) is 3. The fourth-order valence-electron chi connectivity index (χ4n) is 2.66. The molecular formula is C14H27F3N2O. The first-order valence-electron chi connectivity index (χ1n) is 7.19. The Morgan fingerprint density at radius 3 is 2.30 bits per heavy atom. The zero-order chi connectivity index (χ0) is 15.6. The van der Waals surface area contributed by atoms with Crippen LogP contribution in [0.2, 0.25) is 0 Å². The van der Waals surface area contributed by atoms with E-state index in [9.17, 15) is 13.2 Å². The van der Waals surface area contributed by atoms with Crippen molar-refractivity contribution in [2.75, 3.05) is 26.2 Å². The van der Waals surface area contributed by atoms with E-state index >= 15 is 0 Å². The van der Waals surface area contributed by atoms with E-state index in [0.29, 0.717) is 18.5 Å². The molecular weight excluding hydrogens is 269 g/mol. The molecule has 0 radical (unpaired) electrons. The number of ether oxygens (including phenoxy) is 1. The quantitative estimate of drug-likeness (QED) is 0.863. The summed E-state index contributed by atoms with van der Waals surface area (Å²) in [7, 11) is 0. The van der Waals surface area contributed by atoms with E-state index in [2.05, 4.69) is 49.6 Å². The molecule has 1 rings (SSSR count). The van der Waals surface area contributed by atoms with Crippen LogP contribution in [0.15, 0.2) is 0 Å². The maximum atomic E-state index is 12.1. The summed E-state index contributed by atoms with van der Waals surface area (Å²) in [6, 6.07) is 0.536. The van der Waals surface area contributed by atoms with Crippen LogP contribution >= 0.6 is 0 Å². The Morgan fingerprint density at radius 2 is 1.85 bits per heavy atom. The summed E-state index contributed by atoms with van der Waals surface area (Å²) in [4.78, 5) is 2.13. The van der Waals surface area contributed by atoms with Crippen LogP contribution in [0.1, 0.15) is 34.6 Å². The van der Waals surface area contributed by atoms with Crippen molar-refractivity contribution in [1.29, 1.82) is 0 Å². The molecule has 1 fully saturated rings. The average molecular weight is 296 g/mol. The molecule has 1 aliphatic rings. The lowest BCUT2D eigenvalue weighted by atomic mass is 9.83. The molecule has 0 spiro atoms. The Hall–Kier alpha value is -0.330. The minimum absolute atomic E-state index is 0.0210. The van der Waals surface area contributed by atoms with Crippen LogP contribution in [-0.4, -0.2) is 49.6 Å². The highest BCUT2D eigenvalue weighted by Gasteiger charge is 2.37. The van der Waals surface area contributed by atoms with Crippen LogP contribution in [0.5, 0.6) is 0 Å². The zero-order valence-corrected chi connectivity index (χ0v) is 13.0. The van der Waals surface area contributed by atoms with Gasteiger partial charge in [-0.15, -0.1) is 13.2 Å². The Kier molecular flexibility index (Phi) is 5.87. The monoisotopic (exact) mass is 296 g/mol. The lowest BCUT2D eigenvalue weighted by Gasteiger charge is -2.47. The molecule has 120 valence electrons. The molecule has 0 saturated carbocycles. The summed E-state index contributed by atoms with van der Waals surface area (Å²) >= 11 is 0. The molecule has 2 unspecified atom stereocenters. The van der Waals surface area contributed by atoms with Gasteiger partial charge < -0.3 is 5.32 Å². The topological polar surface area (TPSA) is 24.5 Å². The Bertz CT molecular complexity index is 300. The summed E-state index contributed by atoms with van der Waals surface area (Å²) in [5.41, 5.74) is 0.0210. The van der Waals surface area contributed by atoms with E-state index in [-0.39, 0.29) is 18.1 Å². The number of hydrogen-bond donors (Lipinski definition) is 1. The van der Waals surface area contributed by atoms with Crippen LogP contribution in [0, 0.1) is 11.3 Å². The highest BCUT2D eigenvalue weighted by molar-refractivity contribution is 4.93. The molecule has 0 amide bonds. The van der Waals surface area contributed by atoms with Crippen molar-refractivity contribution in [1.82, 2.24) is 10.2 Å².